The van der Waals surface area contributed by atoms with Crippen LogP contribution in [0.3, 0.4) is 0 Å². The molecule has 0 aromatic carbocycles. The van der Waals surface area contributed by atoms with Crippen LogP contribution in [0.1, 0.15) is 36.7 Å². The zero-order valence-corrected chi connectivity index (χ0v) is 11.9. The first-order valence-corrected chi connectivity index (χ1v) is 7.34. The summed E-state index contributed by atoms with van der Waals surface area (Å²) in [6.45, 7) is 5.37. The fourth-order valence-corrected chi connectivity index (χ4v) is 2.95. The van der Waals surface area contributed by atoms with Gasteiger partial charge in [0.15, 0.2) is 0 Å². The van der Waals surface area contributed by atoms with Crippen LogP contribution >= 0.6 is 0 Å². The molecule has 0 spiro atoms. The van der Waals surface area contributed by atoms with Crippen molar-refractivity contribution >= 4 is 5.82 Å². The Bertz CT molecular complexity index is 511. The van der Waals surface area contributed by atoms with Crippen LogP contribution in [0.15, 0.2) is 6.07 Å². The third kappa shape index (κ3) is 2.75. The minimum atomic E-state index is 0.205. The summed E-state index contributed by atoms with van der Waals surface area (Å²) in [6.07, 6.45) is 2.91. The molecule has 0 amide bonds. The first-order chi connectivity index (χ1) is 9.76. The van der Waals surface area contributed by atoms with Gasteiger partial charge in [-0.2, -0.15) is 5.26 Å². The van der Waals surface area contributed by atoms with E-state index < -0.39 is 0 Å². The highest BCUT2D eigenvalue weighted by atomic mass is 16.5. The molecule has 3 heterocycles. The van der Waals surface area contributed by atoms with Gasteiger partial charge in [0.1, 0.15) is 11.6 Å². The van der Waals surface area contributed by atoms with Gasteiger partial charge in [0.05, 0.1) is 18.4 Å². The van der Waals surface area contributed by atoms with Crippen LogP contribution in [0.4, 0.5) is 5.82 Å². The van der Waals surface area contributed by atoms with Gasteiger partial charge in [-0.25, -0.2) is 9.97 Å². The highest BCUT2D eigenvalue weighted by molar-refractivity contribution is 5.41. The van der Waals surface area contributed by atoms with E-state index in [2.05, 4.69) is 27.0 Å². The van der Waals surface area contributed by atoms with E-state index in [0.717, 1.165) is 62.9 Å². The van der Waals surface area contributed by atoms with Crippen molar-refractivity contribution in [3.05, 3.63) is 17.6 Å². The highest BCUT2D eigenvalue weighted by Crippen LogP contribution is 2.27. The minimum Gasteiger partial charge on any atom is -0.381 e. The monoisotopic (exact) mass is 272 g/mol. The quantitative estimate of drug-likeness (QED) is 0.824. The van der Waals surface area contributed by atoms with Gasteiger partial charge in [-0.15, -0.1) is 0 Å². The summed E-state index contributed by atoms with van der Waals surface area (Å²) in [5.74, 6) is 2.45. The van der Waals surface area contributed by atoms with Crippen molar-refractivity contribution in [3.63, 3.8) is 0 Å². The maximum atomic E-state index is 8.97. The Hall–Kier alpha value is -1.67. The number of hydrogen-bond acceptors (Lipinski definition) is 5. The second-order valence-corrected chi connectivity index (χ2v) is 5.65. The second kappa shape index (κ2) is 5.76. The maximum absolute atomic E-state index is 8.97. The molecular weight excluding hydrogens is 252 g/mol. The van der Waals surface area contributed by atoms with Crippen molar-refractivity contribution < 1.29 is 4.74 Å². The maximum Gasteiger partial charge on any atom is 0.132 e. The van der Waals surface area contributed by atoms with E-state index in [1.54, 1.807) is 0 Å². The van der Waals surface area contributed by atoms with Crippen molar-refractivity contribution in [1.29, 1.82) is 5.26 Å². The molecule has 0 bridgehead atoms. The molecule has 0 saturated carbocycles. The summed E-state index contributed by atoms with van der Waals surface area (Å²) in [5, 5.41) is 8.97. The fraction of sp³-hybridized carbons (Fsp3) is 0.667. The van der Waals surface area contributed by atoms with Gasteiger partial charge in [-0.05, 0) is 26.2 Å². The molecule has 106 valence electrons. The molecule has 2 aliphatic rings. The minimum absolute atomic E-state index is 0.205. The number of nitriles is 1. The second-order valence-electron chi connectivity index (χ2n) is 5.65. The Morgan fingerprint density at radius 3 is 2.75 bits per heavy atom. The number of anilines is 1. The Morgan fingerprint density at radius 1 is 1.30 bits per heavy atom. The topological polar surface area (TPSA) is 62.0 Å². The fourth-order valence-electron chi connectivity index (χ4n) is 2.95. The Labute approximate surface area is 119 Å². The van der Waals surface area contributed by atoms with Gasteiger partial charge in [0, 0.05) is 37.6 Å². The lowest BCUT2D eigenvalue weighted by molar-refractivity contribution is 0.193. The summed E-state index contributed by atoms with van der Waals surface area (Å²) < 4.78 is 5.46. The van der Waals surface area contributed by atoms with E-state index in [0.29, 0.717) is 5.92 Å². The summed E-state index contributed by atoms with van der Waals surface area (Å²) in [7, 11) is 0. The van der Waals surface area contributed by atoms with Crippen LogP contribution < -0.4 is 4.90 Å². The van der Waals surface area contributed by atoms with Gasteiger partial charge in [-0.3, -0.25) is 0 Å². The predicted molar refractivity (Wildman–Crippen MR) is 75.5 cm³/mol. The average molecular weight is 272 g/mol. The van der Waals surface area contributed by atoms with E-state index in [1.165, 1.54) is 0 Å². The van der Waals surface area contributed by atoms with Crippen LogP contribution in [0.5, 0.6) is 0 Å². The van der Waals surface area contributed by atoms with Crippen molar-refractivity contribution in [2.45, 2.75) is 32.1 Å². The summed E-state index contributed by atoms with van der Waals surface area (Å²) >= 11 is 0. The molecular formula is C15H20N4O. The Kier molecular flexibility index (Phi) is 3.83. The molecule has 1 unspecified atom stereocenters. The van der Waals surface area contributed by atoms with Crippen LogP contribution in [0.25, 0.3) is 0 Å². The SMILES string of the molecule is Cc1nc(C2CCOC2)cc(N2CCC(C#N)CC2)n1. The molecule has 5 heteroatoms. The summed E-state index contributed by atoms with van der Waals surface area (Å²) in [5.41, 5.74) is 1.10. The summed E-state index contributed by atoms with van der Waals surface area (Å²) in [6, 6.07) is 4.48. The van der Waals surface area contributed by atoms with E-state index in [4.69, 9.17) is 10.00 Å². The van der Waals surface area contributed by atoms with Gasteiger partial charge in [0.2, 0.25) is 0 Å². The van der Waals surface area contributed by atoms with E-state index in [1.807, 2.05) is 6.92 Å². The van der Waals surface area contributed by atoms with Gasteiger partial charge < -0.3 is 9.64 Å². The normalized spacial score (nSPS) is 23.8. The third-order valence-electron chi connectivity index (χ3n) is 4.19. The molecule has 1 aromatic heterocycles. The number of nitrogens with zero attached hydrogens (tertiary/aromatic N) is 4. The predicted octanol–water partition coefficient (Wildman–Crippen LogP) is 2.03. The van der Waals surface area contributed by atoms with Crippen LogP contribution in [0.2, 0.25) is 0 Å². The largest absolute Gasteiger partial charge is 0.381 e. The number of aromatic nitrogens is 2. The number of hydrogen-bond donors (Lipinski definition) is 0. The van der Waals surface area contributed by atoms with Crippen molar-refractivity contribution in [1.82, 2.24) is 9.97 Å². The molecule has 0 radical (unpaired) electrons. The van der Waals surface area contributed by atoms with E-state index in [9.17, 15) is 0 Å². The number of piperidine rings is 1. The van der Waals surface area contributed by atoms with Crippen molar-refractivity contribution in [3.8, 4) is 6.07 Å². The van der Waals surface area contributed by atoms with Crippen LogP contribution in [-0.4, -0.2) is 36.3 Å². The molecule has 2 fully saturated rings. The van der Waals surface area contributed by atoms with Gasteiger partial charge in [-0.1, -0.05) is 0 Å². The molecule has 1 aromatic rings. The Morgan fingerprint density at radius 2 is 2.10 bits per heavy atom. The highest BCUT2D eigenvalue weighted by Gasteiger charge is 2.23. The molecule has 5 nitrogen and oxygen atoms in total. The molecule has 3 rings (SSSR count). The molecule has 2 saturated heterocycles. The lowest BCUT2D eigenvalue weighted by atomic mass is 9.98. The number of aryl methyl sites for hydroxylation is 1. The van der Waals surface area contributed by atoms with E-state index in [-0.39, 0.29) is 5.92 Å². The van der Waals surface area contributed by atoms with Crippen molar-refractivity contribution in [2.75, 3.05) is 31.2 Å². The molecule has 0 N–H and O–H groups in total. The summed E-state index contributed by atoms with van der Waals surface area (Å²) in [4.78, 5) is 11.4. The lowest BCUT2D eigenvalue weighted by Crippen LogP contribution is -2.34. The van der Waals surface area contributed by atoms with Crippen molar-refractivity contribution in [2.24, 2.45) is 5.92 Å². The number of ether oxygens (including phenoxy) is 1. The molecule has 1 atom stereocenters. The first kappa shape index (κ1) is 13.3. The first-order valence-electron chi connectivity index (χ1n) is 7.34. The molecule has 0 aliphatic carbocycles. The Balaban J connectivity index is 1.78. The number of rotatable bonds is 2. The van der Waals surface area contributed by atoms with Crippen LogP contribution in [0, 0.1) is 24.2 Å². The standard InChI is InChI=1S/C15H20N4O/c1-11-17-14(13-4-7-20-10-13)8-15(18-11)19-5-2-12(9-16)3-6-19/h8,12-13H,2-7,10H2,1H3. The molecule has 20 heavy (non-hydrogen) atoms. The third-order valence-corrected chi connectivity index (χ3v) is 4.19. The zero-order chi connectivity index (χ0) is 13.9. The zero-order valence-electron chi connectivity index (χ0n) is 11.9. The average Bonchev–Trinajstić information content (AvgIpc) is 3.01. The molecule has 2 aliphatic heterocycles. The van der Waals surface area contributed by atoms with Gasteiger partial charge in [0.25, 0.3) is 0 Å². The van der Waals surface area contributed by atoms with E-state index >= 15 is 0 Å². The smallest absolute Gasteiger partial charge is 0.132 e. The van der Waals surface area contributed by atoms with Gasteiger partial charge >= 0.3 is 0 Å². The lowest BCUT2D eigenvalue weighted by Gasteiger charge is -2.30. The van der Waals surface area contributed by atoms with Crippen LogP contribution in [-0.2, 0) is 4.74 Å².